The molecule has 0 aliphatic rings. The van der Waals surface area contributed by atoms with Crippen molar-refractivity contribution in [3.8, 4) is 5.75 Å². The molecule has 0 saturated carbocycles. The lowest BCUT2D eigenvalue weighted by molar-refractivity contribution is 0.0907. The Morgan fingerprint density at radius 3 is 2.62 bits per heavy atom. The topological polar surface area (TPSA) is 51.5 Å². The Morgan fingerprint density at radius 2 is 1.88 bits per heavy atom. The number of carbonyl (C=O) groups is 1. The molecule has 0 saturated heterocycles. The Kier molecular flexibility index (Phi) is 5.64. The first-order valence-electron chi connectivity index (χ1n) is 8.37. The molecule has 0 fully saturated rings. The van der Waals surface area contributed by atoms with Crippen molar-refractivity contribution < 1.29 is 13.9 Å². The molecule has 0 aliphatic heterocycles. The van der Waals surface area contributed by atoms with E-state index < -0.39 is 0 Å². The summed E-state index contributed by atoms with van der Waals surface area (Å²) >= 11 is 6.15. The van der Waals surface area contributed by atoms with Gasteiger partial charge in [-0.05, 0) is 43.2 Å². The maximum absolute atomic E-state index is 12.4. The van der Waals surface area contributed by atoms with Gasteiger partial charge >= 0.3 is 0 Å². The number of rotatable bonds is 6. The van der Waals surface area contributed by atoms with Gasteiger partial charge in [0.15, 0.2) is 5.76 Å². The van der Waals surface area contributed by atoms with Gasteiger partial charge in [-0.3, -0.25) is 4.79 Å². The van der Waals surface area contributed by atoms with Gasteiger partial charge in [0.25, 0.3) is 5.91 Å². The van der Waals surface area contributed by atoms with Crippen LogP contribution in [0.25, 0.3) is 0 Å². The second kappa shape index (κ2) is 8.11. The van der Waals surface area contributed by atoms with Gasteiger partial charge in [-0.15, -0.1) is 0 Å². The summed E-state index contributed by atoms with van der Waals surface area (Å²) in [5.74, 6) is 1.17. The Balaban J connectivity index is 1.61. The minimum Gasteiger partial charge on any atom is -0.484 e. The molecule has 1 atom stereocenters. The van der Waals surface area contributed by atoms with Crippen molar-refractivity contribution in [1.29, 1.82) is 0 Å². The van der Waals surface area contributed by atoms with Crippen LogP contribution in [0.4, 0.5) is 0 Å². The normalized spacial score (nSPS) is 11.8. The van der Waals surface area contributed by atoms with Crippen LogP contribution in [-0.2, 0) is 6.61 Å². The molecule has 5 heteroatoms. The summed E-state index contributed by atoms with van der Waals surface area (Å²) in [5.41, 5.74) is 1.98. The van der Waals surface area contributed by atoms with Crippen LogP contribution in [0.5, 0.6) is 5.75 Å². The summed E-state index contributed by atoms with van der Waals surface area (Å²) in [7, 11) is 0. The standard InChI is InChI=1S/C21H20ClNO3/c1-14-7-6-10-18(22)20(14)25-13-17-11-12-19(26-17)21(24)23-15(2)16-8-4-3-5-9-16/h3-12,15H,13H2,1-2H3,(H,23,24). The maximum atomic E-state index is 12.4. The minimum atomic E-state index is -0.262. The predicted molar refractivity (Wildman–Crippen MR) is 102 cm³/mol. The highest BCUT2D eigenvalue weighted by Crippen LogP contribution is 2.28. The number of amides is 1. The second-order valence-electron chi connectivity index (χ2n) is 6.05. The number of aryl methyl sites for hydroxylation is 1. The summed E-state index contributed by atoms with van der Waals surface area (Å²) in [6.45, 7) is 4.06. The molecule has 0 bridgehead atoms. The van der Waals surface area contributed by atoms with E-state index in [1.807, 2.05) is 56.3 Å². The Morgan fingerprint density at radius 1 is 1.12 bits per heavy atom. The molecular weight excluding hydrogens is 350 g/mol. The number of ether oxygens (including phenoxy) is 1. The third-order valence-corrected chi connectivity index (χ3v) is 4.35. The van der Waals surface area contributed by atoms with Crippen LogP contribution >= 0.6 is 11.6 Å². The molecule has 0 spiro atoms. The SMILES string of the molecule is Cc1cccc(Cl)c1OCc1ccc(C(=O)NC(C)c2ccccc2)o1. The number of benzene rings is 2. The third kappa shape index (κ3) is 4.27. The van der Waals surface area contributed by atoms with E-state index in [0.29, 0.717) is 16.5 Å². The van der Waals surface area contributed by atoms with Crippen molar-refractivity contribution in [3.05, 3.63) is 88.3 Å². The molecule has 2 aromatic carbocycles. The lowest BCUT2D eigenvalue weighted by Crippen LogP contribution is -2.26. The van der Waals surface area contributed by atoms with Crippen LogP contribution in [-0.4, -0.2) is 5.91 Å². The van der Waals surface area contributed by atoms with Gasteiger partial charge in [-0.2, -0.15) is 0 Å². The number of para-hydroxylation sites is 1. The van der Waals surface area contributed by atoms with Crippen LogP contribution in [0.2, 0.25) is 5.02 Å². The monoisotopic (exact) mass is 369 g/mol. The predicted octanol–water partition coefficient (Wildman–Crippen LogP) is 5.31. The van der Waals surface area contributed by atoms with Gasteiger partial charge in [-0.25, -0.2) is 0 Å². The molecule has 3 aromatic rings. The van der Waals surface area contributed by atoms with Crippen LogP contribution in [0.15, 0.2) is 65.1 Å². The molecule has 0 aliphatic carbocycles. The number of nitrogens with one attached hydrogen (secondary N) is 1. The number of furan rings is 1. The van der Waals surface area contributed by atoms with E-state index in [-0.39, 0.29) is 24.3 Å². The highest BCUT2D eigenvalue weighted by atomic mass is 35.5. The first-order chi connectivity index (χ1) is 12.5. The number of hydrogen-bond donors (Lipinski definition) is 1. The quantitative estimate of drug-likeness (QED) is 0.640. The van der Waals surface area contributed by atoms with E-state index in [1.54, 1.807) is 18.2 Å². The zero-order valence-electron chi connectivity index (χ0n) is 14.7. The van der Waals surface area contributed by atoms with E-state index >= 15 is 0 Å². The van der Waals surface area contributed by atoms with E-state index in [1.165, 1.54) is 0 Å². The molecular formula is C21H20ClNO3. The van der Waals surface area contributed by atoms with Gasteiger partial charge in [0.1, 0.15) is 18.1 Å². The van der Waals surface area contributed by atoms with Crippen molar-refractivity contribution in [2.24, 2.45) is 0 Å². The fourth-order valence-electron chi connectivity index (χ4n) is 2.61. The molecule has 1 heterocycles. The molecule has 1 N–H and O–H groups in total. The smallest absolute Gasteiger partial charge is 0.287 e. The molecule has 1 unspecified atom stereocenters. The van der Waals surface area contributed by atoms with E-state index in [0.717, 1.165) is 11.1 Å². The van der Waals surface area contributed by atoms with Gasteiger partial charge in [0, 0.05) is 0 Å². The zero-order valence-corrected chi connectivity index (χ0v) is 15.4. The highest BCUT2D eigenvalue weighted by molar-refractivity contribution is 6.32. The van der Waals surface area contributed by atoms with E-state index in [4.69, 9.17) is 20.8 Å². The minimum absolute atomic E-state index is 0.112. The van der Waals surface area contributed by atoms with Crippen LogP contribution < -0.4 is 10.1 Å². The summed E-state index contributed by atoms with van der Waals surface area (Å²) in [6, 6.07) is 18.6. The van der Waals surface area contributed by atoms with Crippen molar-refractivity contribution in [1.82, 2.24) is 5.32 Å². The Labute approximate surface area is 157 Å². The molecule has 1 aromatic heterocycles. The zero-order chi connectivity index (χ0) is 18.5. The van der Waals surface area contributed by atoms with Crippen LogP contribution in [0, 0.1) is 6.92 Å². The fraction of sp³-hybridized carbons (Fsp3) is 0.190. The molecule has 0 radical (unpaired) electrons. The van der Waals surface area contributed by atoms with E-state index in [2.05, 4.69) is 5.32 Å². The van der Waals surface area contributed by atoms with Crippen molar-refractivity contribution >= 4 is 17.5 Å². The third-order valence-electron chi connectivity index (χ3n) is 4.06. The first kappa shape index (κ1) is 18.1. The van der Waals surface area contributed by atoms with Crippen molar-refractivity contribution in [2.45, 2.75) is 26.5 Å². The summed E-state index contributed by atoms with van der Waals surface area (Å²) in [4.78, 5) is 12.4. The van der Waals surface area contributed by atoms with Crippen molar-refractivity contribution in [2.75, 3.05) is 0 Å². The average molecular weight is 370 g/mol. The van der Waals surface area contributed by atoms with Gasteiger partial charge < -0.3 is 14.5 Å². The van der Waals surface area contributed by atoms with Crippen LogP contribution in [0.1, 0.15) is 40.4 Å². The molecule has 4 nitrogen and oxygen atoms in total. The molecule has 1 amide bonds. The van der Waals surface area contributed by atoms with Gasteiger partial charge in [0.2, 0.25) is 0 Å². The number of carbonyl (C=O) groups excluding carboxylic acids is 1. The maximum Gasteiger partial charge on any atom is 0.287 e. The van der Waals surface area contributed by atoms with Gasteiger partial charge in [0.05, 0.1) is 11.1 Å². The largest absolute Gasteiger partial charge is 0.484 e. The van der Waals surface area contributed by atoms with Gasteiger partial charge in [-0.1, -0.05) is 54.1 Å². The first-order valence-corrected chi connectivity index (χ1v) is 8.75. The molecule has 3 rings (SSSR count). The Bertz CT molecular complexity index is 869. The van der Waals surface area contributed by atoms with Crippen LogP contribution in [0.3, 0.4) is 0 Å². The summed E-state index contributed by atoms with van der Waals surface area (Å²) in [6.07, 6.45) is 0. The number of hydrogen-bond acceptors (Lipinski definition) is 3. The highest BCUT2D eigenvalue weighted by Gasteiger charge is 2.15. The lowest BCUT2D eigenvalue weighted by Gasteiger charge is -2.13. The summed E-state index contributed by atoms with van der Waals surface area (Å²) < 4.78 is 11.3. The average Bonchev–Trinajstić information content (AvgIpc) is 3.11. The van der Waals surface area contributed by atoms with E-state index in [9.17, 15) is 4.79 Å². The fourth-order valence-corrected chi connectivity index (χ4v) is 2.89. The molecule has 26 heavy (non-hydrogen) atoms. The Hall–Kier alpha value is -2.72. The van der Waals surface area contributed by atoms with Crippen molar-refractivity contribution in [3.63, 3.8) is 0 Å². The summed E-state index contributed by atoms with van der Waals surface area (Å²) in [5, 5.41) is 3.47. The molecule has 134 valence electrons. The number of halogens is 1. The second-order valence-corrected chi connectivity index (χ2v) is 6.45. The lowest BCUT2D eigenvalue weighted by atomic mass is 10.1.